The summed E-state index contributed by atoms with van der Waals surface area (Å²) in [4.78, 5) is 22.1. The molecule has 0 saturated heterocycles. The Morgan fingerprint density at radius 2 is 2.32 bits per heavy atom. The molecule has 104 valence electrons. The van der Waals surface area contributed by atoms with E-state index in [1.54, 1.807) is 0 Å². The molecule has 7 nitrogen and oxygen atoms in total. The topological polar surface area (TPSA) is 102 Å². The number of hydrogen-bond donors (Lipinski definition) is 2. The number of amides is 1. The van der Waals surface area contributed by atoms with E-state index < -0.39 is 11.9 Å². The van der Waals surface area contributed by atoms with Crippen LogP contribution in [0.15, 0.2) is 10.6 Å². The third-order valence-corrected chi connectivity index (χ3v) is 2.76. The van der Waals surface area contributed by atoms with Crippen LogP contribution in [0.3, 0.4) is 0 Å². The lowest BCUT2D eigenvalue weighted by atomic mass is 10.3. The van der Waals surface area contributed by atoms with Crippen molar-refractivity contribution in [1.82, 2.24) is 10.5 Å². The molecule has 1 aromatic rings. The van der Waals surface area contributed by atoms with Crippen LogP contribution in [0.25, 0.3) is 0 Å². The predicted molar refractivity (Wildman–Crippen MR) is 64.0 cm³/mol. The number of nitrogens with one attached hydrogen (secondary N) is 1. The quantitative estimate of drug-likeness (QED) is 0.680. The molecule has 0 atom stereocenters. The van der Waals surface area contributed by atoms with E-state index in [4.69, 9.17) is 9.84 Å². The molecule has 0 bridgehead atoms. The molecule has 1 aliphatic rings. The van der Waals surface area contributed by atoms with E-state index in [2.05, 4.69) is 15.0 Å². The van der Waals surface area contributed by atoms with Crippen LogP contribution in [0, 0.1) is 5.92 Å². The van der Waals surface area contributed by atoms with Gasteiger partial charge in [-0.15, -0.1) is 0 Å². The van der Waals surface area contributed by atoms with E-state index in [9.17, 15) is 9.59 Å². The van der Waals surface area contributed by atoms with Crippen molar-refractivity contribution < 1.29 is 24.0 Å². The van der Waals surface area contributed by atoms with E-state index in [0.717, 1.165) is 18.6 Å². The van der Waals surface area contributed by atoms with E-state index >= 15 is 0 Å². The first-order valence-electron chi connectivity index (χ1n) is 6.23. The molecule has 19 heavy (non-hydrogen) atoms. The van der Waals surface area contributed by atoms with E-state index in [1.807, 2.05) is 0 Å². The van der Waals surface area contributed by atoms with E-state index in [0.29, 0.717) is 19.6 Å². The van der Waals surface area contributed by atoms with Gasteiger partial charge in [-0.2, -0.15) is 0 Å². The van der Waals surface area contributed by atoms with Crippen LogP contribution in [-0.2, 0) is 4.74 Å². The molecule has 1 saturated carbocycles. The van der Waals surface area contributed by atoms with Crippen LogP contribution in [-0.4, -0.2) is 41.9 Å². The Hall–Kier alpha value is -1.89. The van der Waals surface area contributed by atoms with Crippen LogP contribution in [0.2, 0.25) is 0 Å². The Morgan fingerprint density at radius 1 is 1.53 bits per heavy atom. The van der Waals surface area contributed by atoms with Crippen molar-refractivity contribution in [3.05, 3.63) is 17.5 Å². The smallest absolute Gasteiger partial charge is 0.374 e. The van der Waals surface area contributed by atoms with Crippen molar-refractivity contribution in [2.24, 2.45) is 5.92 Å². The fraction of sp³-hybridized carbons (Fsp3) is 0.583. The third-order valence-electron chi connectivity index (χ3n) is 2.76. The summed E-state index contributed by atoms with van der Waals surface area (Å²) in [5.74, 6) is -1.31. The Bertz CT molecular complexity index is 453. The number of carbonyl (C=O) groups is 2. The molecule has 1 amide bonds. The molecule has 7 heteroatoms. The summed E-state index contributed by atoms with van der Waals surface area (Å²) in [6.45, 7) is 1.87. The van der Waals surface area contributed by atoms with Gasteiger partial charge in [0.1, 0.15) is 0 Å². The largest absolute Gasteiger partial charge is 0.475 e. The van der Waals surface area contributed by atoms with Gasteiger partial charge in [0.2, 0.25) is 5.76 Å². The first-order chi connectivity index (χ1) is 9.16. The van der Waals surface area contributed by atoms with Gasteiger partial charge < -0.3 is 19.7 Å². The highest BCUT2D eigenvalue weighted by Crippen LogP contribution is 2.28. The van der Waals surface area contributed by atoms with Crippen molar-refractivity contribution in [3.63, 3.8) is 0 Å². The normalized spacial score (nSPS) is 14.3. The van der Waals surface area contributed by atoms with Gasteiger partial charge in [0, 0.05) is 25.8 Å². The second kappa shape index (κ2) is 6.33. The van der Waals surface area contributed by atoms with Gasteiger partial charge in [-0.3, -0.25) is 4.79 Å². The molecule has 1 heterocycles. The minimum Gasteiger partial charge on any atom is -0.475 e. The second-order valence-corrected chi connectivity index (χ2v) is 4.51. The van der Waals surface area contributed by atoms with Gasteiger partial charge in [-0.05, 0) is 25.2 Å². The molecule has 2 N–H and O–H groups in total. The zero-order valence-corrected chi connectivity index (χ0v) is 10.4. The lowest BCUT2D eigenvalue weighted by molar-refractivity contribution is 0.0651. The second-order valence-electron chi connectivity index (χ2n) is 4.51. The van der Waals surface area contributed by atoms with Crippen molar-refractivity contribution in [2.75, 3.05) is 19.8 Å². The highest BCUT2D eigenvalue weighted by Gasteiger charge is 2.21. The summed E-state index contributed by atoms with van der Waals surface area (Å²) in [6.07, 6.45) is 3.23. The summed E-state index contributed by atoms with van der Waals surface area (Å²) in [7, 11) is 0. The first-order valence-corrected chi connectivity index (χ1v) is 6.23. The molecular weight excluding hydrogens is 252 g/mol. The molecule has 0 spiro atoms. The van der Waals surface area contributed by atoms with Crippen LogP contribution < -0.4 is 5.32 Å². The predicted octanol–water partition coefficient (Wildman–Crippen LogP) is 0.919. The Kier molecular flexibility index (Phi) is 4.51. The Labute approximate surface area is 109 Å². The summed E-state index contributed by atoms with van der Waals surface area (Å²) < 4.78 is 9.91. The van der Waals surface area contributed by atoms with Gasteiger partial charge >= 0.3 is 5.97 Å². The van der Waals surface area contributed by atoms with Crippen molar-refractivity contribution in [3.8, 4) is 0 Å². The van der Waals surface area contributed by atoms with Crippen molar-refractivity contribution in [1.29, 1.82) is 0 Å². The summed E-state index contributed by atoms with van der Waals surface area (Å²) in [6, 6.07) is 1.10. The SMILES string of the molecule is O=C(NCCCOCC1CC1)c1cc(C(=O)O)on1. The lowest BCUT2D eigenvalue weighted by Gasteiger charge is -2.04. The highest BCUT2D eigenvalue weighted by atomic mass is 16.5. The Morgan fingerprint density at radius 3 is 2.95 bits per heavy atom. The van der Waals surface area contributed by atoms with Crippen molar-refractivity contribution >= 4 is 11.9 Å². The molecule has 0 radical (unpaired) electrons. The zero-order valence-electron chi connectivity index (χ0n) is 10.4. The van der Waals surface area contributed by atoms with Gasteiger partial charge in [-0.25, -0.2) is 4.79 Å². The van der Waals surface area contributed by atoms with Crippen LogP contribution >= 0.6 is 0 Å². The number of aromatic carboxylic acids is 1. The van der Waals surface area contributed by atoms with Gasteiger partial charge in [0.25, 0.3) is 5.91 Å². The average molecular weight is 268 g/mol. The maximum absolute atomic E-state index is 11.6. The summed E-state index contributed by atoms with van der Waals surface area (Å²) in [5.41, 5.74) is -0.0312. The minimum absolute atomic E-state index is 0.0312. The van der Waals surface area contributed by atoms with Gasteiger partial charge in [0.05, 0.1) is 0 Å². The fourth-order valence-corrected chi connectivity index (χ4v) is 1.48. The number of carboxylic acid groups (broad SMARTS) is 1. The highest BCUT2D eigenvalue weighted by molar-refractivity contribution is 5.94. The van der Waals surface area contributed by atoms with E-state index in [-0.39, 0.29) is 11.5 Å². The maximum atomic E-state index is 11.6. The summed E-state index contributed by atoms with van der Waals surface area (Å²) in [5, 5.41) is 14.6. The van der Waals surface area contributed by atoms with E-state index in [1.165, 1.54) is 12.8 Å². The minimum atomic E-state index is -1.25. The number of carboxylic acids is 1. The van der Waals surface area contributed by atoms with Crippen LogP contribution in [0.4, 0.5) is 0 Å². The molecular formula is C12H16N2O5. The van der Waals surface area contributed by atoms with Crippen LogP contribution in [0.1, 0.15) is 40.3 Å². The average Bonchev–Trinajstić information content (AvgIpc) is 3.06. The van der Waals surface area contributed by atoms with Gasteiger partial charge in [-0.1, -0.05) is 5.16 Å². The molecule has 0 aromatic carbocycles. The molecule has 2 rings (SSSR count). The number of nitrogens with zero attached hydrogens (tertiary/aromatic N) is 1. The van der Waals surface area contributed by atoms with Crippen molar-refractivity contribution in [2.45, 2.75) is 19.3 Å². The molecule has 0 aliphatic heterocycles. The number of ether oxygens (including phenoxy) is 1. The monoisotopic (exact) mass is 268 g/mol. The number of rotatable bonds is 8. The standard InChI is InChI=1S/C12H16N2O5/c15-11(9-6-10(12(16)17)19-14-9)13-4-1-5-18-7-8-2-3-8/h6,8H,1-5,7H2,(H,13,15)(H,16,17). The lowest BCUT2D eigenvalue weighted by Crippen LogP contribution is -2.25. The number of aromatic nitrogens is 1. The van der Waals surface area contributed by atoms with Gasteiger partial charge in [0.15, 0.2) is 5.69 Å². The first kappa shape index (κ1) is 13.5. The zero-order chi connectivity index (χ0) is 13.7. The van der Waals surface area contributed by atoms with Crippen LogP contribution in [0.5, 0.6) is 0 Å². The number of carbonyl (C=O) groups excluding carboxylic acids is 1. The summed E-state index contributed by atoms with van der Waals surface area (Å²) >= 11 is 0. The molecule has 1 fully saturated rings. The maximum Gasteiger partial charge on any atom is 0.374 e. The number of hydrogen-bond acceptors (Lipinski definition) is 5. The third kappa shape index (κ3) is 4.36. The fourth-order valence-electron chi connectivity index (χ4n) is 1.48. The molecule has 1 aromatic heterocycles. The molecule has 0 unspecified atom stereocenters. The molecule has 1 aliphatic carbocycles. The Balaban J connectivity index is 1.61.